The largest absolute Gasteiger partial charge is 0.477 e. The number of carbonyl (C=O) groups is 1. The van der Waals surface area contributed by atoms with E-state index in [9.17, 15) is 4.79 Å². The fourth-order valence-electron chi connectivity index (χ4n) is 1.89. The molecule has 2 heterocycles. The Hall–Kier alpha value is -2.76. The molecule has 0 spiro atoms. The summed E-state index contributed by atoms with van der Waals surface area (Å²) in [5, 5.41) is 13.3. The Labute approximate surface area is 108 Å². The highest BCUT2D eigenvalue weighted by molar-refractivity contribution is 5.87. The molecule has 0 saturated carbocycles. The number of benzene rings is 1. The van der Waals surface area contributed by atoms with E-state index in [1.165, 1.54) is 6.07 Å². The molecule has 0 aliphatic carbocycles. The molecule has 6 nitrogen and oxygen atoms in total. The molecule has 0 radical (unpaired) electrons. The van der Waals surface area contributed by atoms with E-state index in [2.05, 4.69) is 15.1 Å². The van der Waals surface area contributed by atoms with Crippen molar-refractivity contribution in [3.05, 3.63) is 47.9 Å². The van der Waals surface area contributed by atoms with Crippen molar-refractivity contribution in [2.75, 3.05) is 0 Å². The van der Waals surface area contributed by atoms with Crippen molar-refractivity contribution in [1.29, 1.82) is 0 Å². The van der Waals surface area contributed by atoms with Gasteiger partial charge in [0, 0.05) is 5.56 Å². The minimum Gasteiger partial charge on any atom is -0.477 e. The number of fused-ring (bicyclic) bond motifs is 1. The average molecular weight is 254 g/mol. The third-order valence-electron chi connectivity index (χ3n) is 2.71. The minimum atomic E-state index is -1.08. The molecule has 3 aromatic rings. The fourth-order valence-corrected chi connectivity index (χ4v) is 1.89. The van der Waals surface area contributed by atoms with Crippen LogP contribution < -0.4 is 0 Å². The summed E-state index contributed by atoms with van der Waals surface area (Å²) in [6, 6.07) is 10.9. The van der Waals surface area contributed by atoms with Crippen molar-refractivity contribution in [1.82, 2.24) is 19.6 Å². The summed E-state index contributed by atoms with van der Waals surface area (Å²) in [6.45, 7) is 1.74. The van der Waals surface area contributed by atoms with E-state index >= 15 is 0 Å². The molecule has 0 atom stereocenters. The molecule has 2 aromatic heterocycles. The highest BCUT2D eigenvalue weighted by Gasteiger charge is 2.14. The number of aromatic nitrogens is 4. The number of rotatable bonds is 2. The Balaban J connectivity index is 2.35. The SMILES string of the molecule is Cc1nc2nc(C(=O)O)cc(-c3ccccc3)n2n1. The molecule has 3 rings (SSSR count). The third-order valence-corrected chi connectivity index (χ3v) is 2.71. The van der Waals surface area contributed by atoms with Gasteiger partial charge >= 0.3 is 5.97 Å². The van der Waals surface area contributed by atoms with Gasteiger partial charge < -0.3 is 5.11 Å². The summed E-state index contributed by atoms with van der Waals surface area (Å²) < 4.78 is 1.55. The second kappa shape index (κ2) is 4.16. The summed E-state index contributed by atoms with van der Waals surface area (Å²) in [5.74, 6) is -0.246. The maximum absolute atomic E-state index is 11.1. The first-order valence-electron chi connectivity index (χ1n) is 5.68. The molecule has 6 heteroatoms. The predicted molar refractivity (Wildman–Crippen MR) is 67.9 cm³/mol. The van der Waals surface area contributed by atoms with Crippen LogP contribution in [0.3, 0.4) is 0 Å². The van der Waals surface area contributed by atoms with Gasteiger partial charge in [-0.25, -0.2) is 9.78 Å². The van der Waals surface area contributed by atoms with Crippen LogP contribution in [0.5, 0.6) is 0 Å². The molecule has 94 valence electrons. The normalized spacial score (nSPS) is 10.8. The maximum Gasteiger partial charge on any atom is 0.354 e. The van der Waals surface area contributed by atoms with Gasteiger partial charge in [-0.05, 0) is 13.0 Å². The third kappa shape index (κ3) is 1.93. The number of hydrogen-bond acceptors (Lipinski definition) is 4. The van der Waals surface area contributed by atoms with Crippen LogP contribution in [0.1, 0.15) is 16.3 Å². The van der Waals surface area contributed by atoms with Crippen molar-refractivity contribution in [2.24, 2.45) is 0 Å². The van der Waals surface area contributed by atoms with Gasteiger partial charge in [0.05, 0.1) is 5.69 Å². The summed E-state index contributed by atoms with van der Waals surface area (Å²) in [7, 11) is 0. The Morgan fingerprint density at radius 3 is 2.63 bits per heavy atom. The number of aryl methyl sites for hydroxylation is 1. The molecule has 0 amide bonds. The summed E-state index contributed by atoms with van der Waals surface area (Å²) >= 11 is 0. The summed E-state index contributed by atoms with van der Waals surface area (Å²) in [4.78, 5) is 19.2. The molecule has 19 heavy (non-hydrogen) atoms. The molecule has 0 fully saturated rings. The van der Waals surface area contributed by atoms with Gasteiger partial charge in [0.25, 0.3) is 5.78 Å². The molecule has 0 unspecified atom stereocenters. The van der Waals surface area contributed by atoms with Crippen molar-refractivity contribution in [3.63, 3.8) is 0 Å². The van der Waals surface area contributed by atoms with Crippen LogP contribution in [0.25, 0.3) is 17.0 Å². The summed E-state index contributed by atoms with van der Waals surface area (Å²) in [6.07, 6.45) is 0. The maximum atomic E-state index is 11.1. The lowest BCUT2D eigenvalue weighted by atomic mass is 10.1. The van der Waals surface area contributed by atoms with Gasteiger partial charge in [-0.3, -0.25) is 0 Å². The number of carboxylic acids is 1. The van der Waals surface area contributed by atoms with E-state index in [0.29, 0.717) is 11.5 Å². The molecule has 0 aliphatic heterocycles. The zero-order chi connectivity index (χ0) is 13.4. The van der Waals surface area contributed by atoms with E-state index in [1.54, 1.807) is 11.4 Å². The first-order chi connectivity index (χ1) is 9.15. The van der Waals surface area contributed by atoms with Crippen molar-refractivity contribution >= 4 is 11.7 Å². The molecule has 0 saturated heterocycles. The van der Waals surface area contributed by atoms with Crippen LogP contribution >= 0.6 is 0 Å². The second-order valence-corrected chi connectivity index (χ2v) is 4.07. The molecular weight excluding hydrogens is 244 g/mol. The van der Waals surface area contributed by atoms with Crippen LogP contribution in [0.15, 0.2) is 36.4 Å². The van der Waals surface area contributed by atoms with Crippen molar-refractivity contribution in [2.45, 2.75) is 6.92 Å². The van der Waals surface area contributed by atoms with Crippen molar-refractivity contribution in [3.8, 4) is 11.3 Å². The second-order valence-electron chi connectivity index (χ2n) is 4.07. The average Bonchev–Trinajstić information content (AvgIpc) is 2.78. The monoisotopic (exact) mass is 254 g/mol. The van der Waals surface area contributed by atoms with Crippen LogP contribution in [0, 0.1) is 6.92 Å². The van der Waals surface area contributed by atoms with Gasteiger partial charge in [0.2, 0.25) is 0 Å². The van der Waals surface area contributed by atoms with E-state index < -0.39 is 5.97 Å². The van der Waals surface area contributed by atoms with Crippen LogP contribution in [-0.4, -0.2) is 30.7 Å². The van der Waals surface area contributed by atoms with Gasteiger partial charge in [0.1, 0.15) is 5.82 Å². The Morgan fingerprint density at radius 1 is 1.21 bits per heavy atom. The molecule has 0 bridgehead atoms. The topological polar surface area (TPSA) is 80.4 Å². The van der Waals surface area contributed by atoms with E-state index in [4.69, 9.17) is 5.11 Å². The number of hydrogen-bond donors (Lipinski definition) is 1. The fraction of sp³-hybridized carbons (Fsp3) is 0.0769. The predicted octanol–water partition coefficient (Wildman–Crippen LogP) is 1.80. The van der Waals surface area contributed by atoms with Crippen molar-refractivity contribution < 1.29 is 9.90 Å². The first kappa shape index (κ1) is 11.3. The highest BCUT2D eigenvalue weighted by Crippen LogP contribution is 2.20. The molecule has 1 N–H and O–H groups in total. The van der Waals surface area contributed by atoms with E-state index in [1.807, 2.05) is 30.3 Å². The van der Waals surface area contributed by atoms with Crippen LogP contribution in [-0.2, 0) is 0 Å². The van der Waals surface area contributed by atoms with Gasteiger partial charge in [-0.1, -0.05) is 30.3 Å². The molecule has 1 aromatic carbocycles. The lowest BCUT2D eigenvalue weighted by Gasteiger charge is -2.05. The van der Waals surface area contributed by atoms with Crippen LogP contribution in [0.4, 0.5) is 0 Å². The molecule has 0 aliphatic rings. The van der Waals surface area contributed by atoms with E-state index in [0.717, 1.165) is 5.56 Å². The Bertz CT molecular complexity index is 765. The quantitative estimate of drug-likeness (QED) is 0.754. The summed E-state index contributed by atoms with van der Waals surface area (Å²) in [5.41, 5.74) is 1.48. The number of aromatic carboxylic acids is 1. The minimum absolute atomic E-state index is 0.0428. The molecular formula is C13H10N4O2. The number of carboxylic acid groups (broad SMARTS) is 1. The standard InChI is InChI=1S/C13H10N4O2/c1-8-14-13-15-10(12(18)19)7-11(17(13)16-8)9-5-3-2-4-6-9/h2-7H,1H3,(H,18,19). The highest BCUT2D eigenvalue weighted by atomic mass is 16.4. The zero-order valence-corrected chi connectivity index (χ0v) is 10.1. The van der Waals surface area contributed by atoms with Gasteiger partial charge in [0.15, 0.2) is 5.69 Å². The zero-order valence-electron chi connectivity index (χ0n) is 10.1. The van der Waals surface area contributed by atoms with Crippen LogP contribution in [0.2, 0.25) is 0 Å². The lowest BCUT2D eigenvalue weighted by Crippen LogP contribution is -2.05. The number of nitrogens with zero attached hydrogens (tertiary/aromatic N) is 4. The van der Waals surface area contributed by atoms with Gasteiger partial charge in [-0.15, -0.1) is 5.10 Å². The smallest absolute Gasteiger partial charge is 0.354 e. The van der Waals surface area contributed by atoms with E-state index in [-0.39, 0.29) is 11.5 Å². The van der Waals surface area contributed by atoms with Gasteiger partial charge in [-0.2, -0.15) is 9.50 Å². The Morgan fingerprint density at radius 2 is 1.95 bits per heavy atom. The first-order valence-corrected chi connectivity index (χ1v) is 5.68. The lowest BCUT2D eigenvalue weighted by molar-refractivity contribution is 0.0690. The Kier molecular flexibility index (Phi) is 2.49.